The molecule has 0 aliphatic carbocycles. The first kappa shape index (κ1) is 8.05. The van der Waals surface area contributed by atoms with Crippen molar-refractivity contribution in [2.75, 3.05) is 0 Å². The summed E-state index contributed by atoms with van der Waals surface area (Å²) in [5.41, 5.74) is 0. The molecule has 68 valence electrons. The van der Waals surface area contributed by atoms with Crippen molar-refractivity contribution >= 4 is 5.91 Å². The molecule has 3 atom stereocenters. The summed E-state index contributed by atoms with van der Waals surface area (Å²) in [7, 11) is 0. The van der Waals surface area contributed by atoms with Crippen molar-refractivity contribution in [1.29, 1.82) is 0 Å². The summed E-state index contributed by atoms with van der Waals surface area (Å²) < 4.78 is 0. The first-order chi connectivity index (χ1) is 5.70. The Morgan fingerprint density at radius 1 is 1.50 bits per heavy atom. The van der Waals surface area contributed by atoms with Gasteiger partial charge in [0.2, 0.25) is 5.91 Å². The molecule has 0 radical (unpaired) electrons. The Labute approximate surface area is 72.4 Å². The van der Waals surface area contributed by atoms with E-state index in [0.717, 1.165) is 19.3 Å². The summed E-state index contributed by atoms with van der Waals surface area (Å²) in [6, 6.07) is 0.544. The van der Waals surface area contributed by atoms with Gasteiger partial charge in [0.25, 0.3) is 0 Å². The van der Waals surface area contributed by atoms with Crippen molar-refractivity contribution in [2.24, 2.45) is 0 Å². The molecule has 3 heteroatoms. The number of aliphatic hydroxyl groups excluding tert-OH is 1. The van der Waals surface area contributed by atoms with Crippen molar-refractivity contribution < 1.29 is 9.90 Å². The zero-order valence-electron chi connectivity index (χ0n) is 7.36. The monoisotopic (exact) mass is 169 g/mol. The smallest absolute Gasteiger partial charge is 0.223 e. The van der Waals surface area contributed by atoms with Crippen LogP contribution in [0.4, 0.5) is 0 Å². The number of amides is 1. The fourth-order valence-electron chi connectivity index (χ4n) is 2.48. The molecule has 1 amide bonds. The van der Waals surface area contributed by atoms with E-state index in [1.54, 1.807) is 6.92 Å². The highest BCUT2D eigenvalue weighted by molar-refractivity contribution is 5.79. The van der Waals surface area contributed by atoms with E-state index < -0.39 is 0 Å². The molecule has 2 aliphatic rings. The number of nitrogens with zero attached hydrogens (tertiary/aromatic N) is 1. The van der Waals surface area contributed by atoms with E-state index in [1.807, 2.05) is 4.90 Å². The summed E-state index contributed by atoms with van der Waals surface area (Å²) in [6.45, 7) is 1.78. The standard InChI is InChI=1S/C9H15NO2/c1-6(11)8-4-2-7-3-5-9(12)10(7)8/h6-8,11H,2-5H2,1H3/t6?,7-,8+/m1/s1. The average molecular weight is 169 g/mol. The van der Waals surface area contributed by atoms with Gasteiger partial charge in [0.05, 0.1) is 12.1 Å². The highest BCUT2D eigenvalue weighted by Crippen LogP contribution is 2.34. The Balaban J connectivity index is 2.14. The topological polar surface area (TPSA) is 40.5 Å². The molecule has 2 aliphatic heterocycles. The maximum Gasteiger partial charge on any atom is 0.223 e. The third-order valence-corrected chi connectivity index (χ3v) is 3.08. The van der Waals surface area contributed by atoms with Crippen LogP contribution in [0.2, 0.25) is 0 Å². The van der Waals surface area contributed by atoms with Gasteiger partial charge < -0.3 is 10.0 Å². The molecule has 3 nitrogen and oxygen atoms in total. The SMILES string of the molecule is CC(O)[C@@H]1CC[C@@H]2CCC(=O)N21. The molecule has 0 spiro atoms. The molecule has 0 aromatic heterocycles. The molecule has 2 fully saturated rings. The molecule has 0 aromatic rings. The van der Waals surface area contributed by atoms with E-state index in [-0.39, 0.29) is 18.1 Å². The normalized spacial score (nSPS) is 37.2. The largest absolute Gasteiger partial charge is 0.391 e. The average Bonchev–Trinajstić information content (AvgIpc) is 2.53. The van der Waals surface area contributed by atoms with E-state index in [1.165, 1.54) is 0 Å². The van der Waals surface area contributed by atoms with Crippen molar-refractivity contribution in [1.82, 2.24) is 4.90 Å². The van der Waals surface area contributed by atoms with Crippen LogP contribution in [0.15, 0.2) is 0 Å². The minimum Gasteiger partial charge on any atom is -0.391 e. The van der Waals surface area contributed by atoms with Crippen LogP contribution in [0.3, 0.4) is 0 Å². The lowest BCUT2D eigenvalue weighted by Crippen LogP contribution is -2.41. The fraction of sp³-hybridized carbons (Fsp3) is 0.889. The first-order valence-electron chi connectivity index (χ1n) is 4.69. The summed E-state index contributed by atoms with van der Waals surface area (Å²) in [6.07, 6.45) is 3.39. The predicted octanol–water partition coefficient (Wildman–Crippen LogP) is 0.521. The number of carbonyl (C=O) groups excluding carboxylic acids is 1. The van der Waals surface area contributed by atoms with Gasteiger partial charge in [-0.3, -0.25) is 4.79 Å². The highest BCUT2D eigenvalue weighted by atomic mass is 16.3. The van der Waals surface area contributed by atoms with Crippen LogP contribution in [0.25, 0.3) is 0 Å². The Morgan fingerprint density at radius 3 is 2.92 bits per heavy atom. The highest BCUT2D eigenvalue weighted by Gasteiger charge is 2.42. The van der Waals surface area contributed by atoms with Crippen LogP contribution < -0.4 is 0 Å². The van der Waals surface area contributed by atoms with Gasteiger partial charge in [-0.2, -0.15) is 0 Å². The zero-order valence-corrected chi connectivity index (χ0v) is 7.36. The van der Waals surface area contributed by atoms with E-state index in [9.17, 15) is 9.90 Å². The van der Waals surface area contributed by atoms with Gasteiger partial charge >= 0.3 is 0 Å². The molecule has 0 aromatic carbocycles. The molecular formula is C9H15NO2. The molecule has 12 heavy (non-hydrogen) atoms. The minimum atomic E-state index is -0.364. The second-order valence-corrected chi connectivity index (χ2v) is 3.88. The minimum absolute atomic E-state index is 0.102. The Bertz CT molecular complexity index is 203. The lowest BCUT2D eigenvalue weighted by Gasteiger charge is -2.26. The molecule has 2 rings (SSSR count). The van der Waals surface area contributed by atoms with Gasteiger partial charge in [0, 0.05) is 12.5 Å². The van der Waals surface area contributed by atoms with Crippen LogP contribution in [0.1, 0.15) is 32.6 Å². The number of hydrogen-bond donors (Lipinski definition) is 1. The second kappa shape index (κ2) is 2.73. The quantitative estimate of drug-likeness (QED) is 0.621. The Hall–Kier alpha value is -0.570. The third-order valence-electron chi connectivity index (χ3n) is 3.08. The lowest BCUT2D eigenvalue weighted by molar-refractivity contribution is -0.131. The van der Waals surface area contributed by atoms with Crippen molar-refractivity contribution in [3.63, 3.8) is 0 Å². The van der Waals surface area contributed by atoms with Crippen molar-refractivity contribution in [3.8, 4) is 0 Å². The molecule has 2 heterocycles. The van der Waals surface area contributed by atoms with Crippen LogP contribution >= 0.6 is 0 Å². The molecule has 2 saturated heterocycles. The predicted molar refractivity (Wildman–Crippen MR) is 44.6 cm³/mol. The third kappa shape index (κ3) is 1.04. The number of hydrogen-bond acceptors (Lipinski definition) is 2. The molecule has 1 N–H and O–H groups in total. The Morgan fingerprint density at radius 2 is 2.25 bits per heavy atom. The first-order valence-corrected chi connectivity index (χ1v) is 4.69. The molecule has 1 unspecified atom stereocenters. The van der Waals surface area contributed by atoms with E-state index in [0.29, 0.717) is 12.5 Å². The molecule has 0 saturated carbocycles. The Kier molecular flexibility index (Phi) is 1.83. The van der Waals surface area contributed by atoms with Gasteiger partial charge in [0.1, 0.15) is 0 Å². The number of rotatable bonds is 1. The summed E-state index contributed by atoms with van der Waals surface area (Å²) >= 11 is 0. The summed E-state index contributed by atoms with van der Waals surface area (Å²) in [4.78, 5) is 13.3. The van der Waals surface area contributed by atoms with Crippen molar-refractivity contribution in [2.45, 2.75) is 50.8 Å². The maximum atomic E-state index is 11.4. The second-order valence-electron chi connectivity index (χ2n) is 3.88. The zero-order chi connectivity index (χ0) is 8.72. The number of aliphatic hydroxyl groups is 1. The van der Waals surface area contributed by atoms with E-state index in [4.69, 9.17) is 0 Å². The van der Waals surface area contributed by atoms with E-state index >= 15 is 0 Å². The van der Waals surface area contributed by atoms with Gasteiger partial charge in [-0.05, 0) is 26.2 Å². The summed E-state index contributed by atoms with van der Waals surface area (Å²) in [5, 5.41) is 9.42. The van der Waals surface area contributed by atoms with Crippen LogP contribution in [0.5, 0.6) is 0 Å². The number of carbonyl (C=O) groups is 1. The molecule has 0 bridgehead atoms. The van der Waals surface area contributed by atoms with E-state index in [2.05, 4.69) is 0 Å². The summed E-state index contributed by atoms with van der Waals surface area (Å²) in [5.74, 6) is 0.239. The van der Waals surface area contributed by atoms with Crippen LogP contribution in [-0.4, -0.2) is 34.1 Å². The van der Waals surface area contributed by atoms with Gasteiger partial charge in [-0.1, -0.05) is 0 Å². The fourth-order valence-corrected chi connectivity index (χ4v) is 2.48. The lowest BCUT2D eigenvalue weighted by atomic mass is 10.1. The number of fused-ring (bicyclic) bond motifs is 1. The van der Waals surface area contributed by atoms with Gasteiger partial charge in [-0.15, -0.1) is 0 Å². The van der Waals surface area contributed by atoms with Gasteiger partial charge in [0.15, 0.2) is 0 Å². The van der Waals surface area contributed by atoms with Crippen LogP contribution in [-0.2, 0) is 4.79 Å². The molecular weight excluding hydrogens is 154 g/mol. The van der Waals surface area contributed by atoms with Crippen LogP contribution in [0, 0.1) is 0 Å². The maximum absolute atomic E-state index is 11.4. The van der Waals surface area contributed by atoms with Crippen molar-refractivity contribution in [3.05, 3.63) is 0 Å². The van der Waals surface area contributed by atoms with Gasteiger partial charge in [-0.25, -0.2) is 0 Å².